The van der Waals surface area contributed by atoms with Gasteiger partial charge in [0.25, 0.3) is 0 Å². The van der Waals surface area contributed by atoms with E-state index in [9.17, 15) is 9.90 Å². The second-order valence-electron chi connectivity index (χ2n) is 9.55. The molecule has 190 valence electrons. The molecule has 2 N–H and O–H groups in total. The van der Waals surface area contributed by atoms with Crippen LogP contribution in [0.1, 0.15) is 79.2 Å². The van der Waals surface area contributed by atoms with Crippen LogP contribution in [-0.2, 0) is 9.53 Å². The summed E-state index contributed by atoms with van der Waals surface area (Å²) in [6.45, 7) is 16.1. The van der Waals surface area contributed by atoms with Crippen LogP contribution in [0.3, 0.4) is 0 Å². The molecule has 35 heavy (non-hydrogen) atoms. The van der Waals surface area contributed by atoms with E-state index in [4.69, 9.17) is 4.74 Å². The summed E-state index contributed by atoms with van der Waals surface area (Å²) in [4.78, 5) is 11.7. The van der Waals surface area contributed by atoms with E-state index in [1.165, 1.54) is 25.3 Å². The minimum absolute atomic E-state index is 0.0574. The van der Waals surface area contributed by atoms with Gasteiger partial charge in [0.05, 0.1) is 0 Å². The SMILES string of the molecule is C=C/C=C\C(O)=C1\OC(/C=C(\C)c2ccccc2NC(C)=O)=C(C)C(C(CCC)CCCC)C1C. The Hall–Kier alpha value is -3.01. The number of benzene rings is 1. The minimum Gasteiger partial charge on any atom is -0.504 e. The minimum atomic E-state index is -0.106. The van der Waals surface area contributed by atoms with Crippen molar-refractivity contribution in [1.82, 2.24) is 0 Å². The van der Waals surface area contributed by atoms with Crippen LogP contribution in [0.25, 0.3) is 5.57 Å². The van der Waals surface area contributed by atoms with Gasteiger partial charge in [0, 0.05) is 24.1 Å². The Labute approximate surface area is 212 Å². The standard InChI is InChI=1S/C31H43NO3/c1-8-11-16-25(15-10-3)30-22(5)29(35-31(23(30)6)28(34)19-12-9-2)20-21(4)26-17-13-14-18-27(26)32-24(7)33/h9,12-14,17-20,23,25,30,34H,2,8,10-11,15-16H2,1,3-7H3,(H,32,33)/b19-12-,21-20+,31-28-. The molecule has 3 unspecified atom stereocenters. The fraction of sp³-hybridized carbons (Fsp3) is 0.452. The number of ether oxygens (including phenoxy) is 1. The zero-order valence-corrected chi connectivity index (χ0v) is 22.4. The number of nitrogens with one attached hydrogen (secondary N) is 1. The molecular formula is C31H43NO3. The summed E-state index contributed by atoms with van der Waals surface area (Å²) in [5.74, 6) is 2.25. The fourth-order valence-electron chi connectivity index (χ4n) is 5.17. The number of rotatable bonds is 11. The van der Waals surface area contributed by atoms with Crippen molar-refractivity contribution in [3.63, 3.8) is 0 Å². The Bertz CT molecular complexity index is 1010. The maximum atomic E-state index is 11.7. The van der Waals surface area contributed by atoms with E-state index in [0.29, 0.717) is 11.7 Å². The largest absolute Gasteiger partial charge is 0.504 e. The van der Waals surface area contributed by atoms with Gasteiger partial charge in [-0.15, -0.1) is 0 Å². The van der Waals surface area contributed by atoms with Crippen molar-refractivity contribution in [2.45, 2.75) is 73.6 Å². The van der Waals surface area contributed by atoms with Crippen molar-refractivity contribution in [3.05, 3.63) is 83.6 Å². The summed E-state index contributed by atoms with van der Waals surface area (Å²) < 4.78 is 6.41. The number of anilines is 1. The molecule has 1 amide bonds. The Balaban J connectivity index is 2.64. The third kappa shape index (κ3) is 7.48. The zero-order valence-electron chi connectivity index (χ0n) is 22.4. The predicted octanol–water partition coefficient (Wildman–Crippen LogP) is 8.72. The van der Waals surface area contributed by atoms with Gasteiger partial charge in [0.2, 0.25) is 5.91 Å². The van der Waals surface area contributed by atoms with Crippen molar-refractivity contribution < 1.29 is 14.6 Å². The third-order valence-corrected chi connectivity index (χ3v) is 6.81. The quantitative estimate of drug-likeness (QED) is 0.247. The Morgan fingerprint density at radius 2 is 1.91 bits per heavy atom. The smallest absolute Gasteiger partial charge is 0.221 e. The zero-order chi connectivity index (χ0) is 26.0. The molecule has 0 saturated carbocycles. The summed E-state index contributed by atoms with van der Waals surface area (Å²) in [6.07, 6.45) is 12.9. The summed E-state index contributed by atoms with van der Waals surface area (Å²) in [7, 11) is 0. The Morgan fingerprint density at radius 1 is 1.20 bits per heavy atom. The molecule has 2 rings (SSSR count). The number of aliphatic hydroxyl groups excluding tert-OH is 1. The summed E-state index contributed by atoms with van der Waals surface area (Å²) in [6, 6.07) is 7.78. The van der Waals surface area contributed by atoms with Gasteiger partial charge in [0.1, 0.15) is 11.5 Å². The van der Waals surface area contributed by atoms with Crippen molar-refractivity contribution in [1.29, 1.82) is 0 Å². The number of para-hydroxylation sites is 1. The van der Waals surface area contributed by atoms with Crippen LogP contribution in [0, 0.1) is 17.8 Å². The summed E-state index contributed by atoms with van der Waals surface area (Å²) in [5.41, 5.74) is 3.91. The first-order valence-corrected chi connectivity index (χ1v) is 12.9. The highest BCUT2D eigenvalue weighted by Crippen LogP contribution is 2.45. The van der Waals surface area contributed by atoms with Gasteiger partial charge in [-0.1, -0.05) is 83.4 Å². The molecule has 1 aliphatic heterocycles. The van der Waals surface area contributed by atoms with Crippen molar-refractivity contribution >= 4 is 17.2 Å². The van der Waals surface area contributed by atoms with Crippen LogP contribution >= 0.6 is 0 Å². The molecule has 3 atom stereocenters. The number of hydrogen-bond donors (Lipinski definition) is 2. The molecule has 0 saturated heterocycles. The number of carbonyl (C=O) groups excluding carboxylic acids is 1. The van der Waals surface area contributed by atoms with E-state index >= 15 is 0 Å². The lowest BCUT2D eigenvalue weighted by molar-refractivity contribution is -0.114. The van der Waals surface area contributed by atoms with Gasteiger partial charge in [-0.05, 0) is 61.5 Å². The van der Waals surface area contributed by atoms with Crippen molar-refractivity contribution in [2.24, 2.45) is 17.8 Å². The Kier molecular flexibility index (Phi) is 11.1. The molecule has 4 nitrogen and oxygen atoms in total. The van der Waals surface area contributed by atoms with Crippen LogP contribution in [0.5, 0.6) is 0 Å². The number of unbranched alkanes of at least 4 members (excludes halogenated alkanes) is 1. The average Bonchev–Trinajstić information content (AvgIpc) is 2.82. The topological polar surface area (TPSA) is 58.6 Å². The molecule has 1 heterocycles. The van der Waals surface area contributed by atoms with Gasteiger partial charge < -0.3 is 15.2 Å². The van der Waals surface area contributed by atoms with Crippen LogP contribution in [-0.4, -0.2) is 11.0 Å². The lowest BCUT2D eigenvalue weighted by Crippen LogP contribution is -2.30. The van der Waals surface area contributed by atoms with E-state index in [-0.39, 0.29) is 23.5 Å². The van der Waals surface area contributed by atoms with Crippen LogP contribution in [0.2, 0.25) is 0 Å². The third-order valence-electron chi connectivity index (χ3n) is 6.81. The maximum Gasteiger partial charge on any atom is 0.221 e. The molecule has 1 aromatic rings. The molecule has 0 spiro atoms. The second-order valence-corrected chi connectivity index (χ2v) is 9.55. The van der Waals surface area contributed by atoms with Gasteiger partial charge in [-0.25, -0.2) is 0 Å². The second kappa shape index (κ2) is 13.8. The number of hydrogen-bond acceptors (Lipinski definition) is 3. The molecule has 0 aliphatic carbocycles. The van der Waals surface area contributed by atoms with E-state index in [0.717, 1.165) is 41.8 Å². The monoisotopic (exact) mass is 477 g/mol. The van der Waals surface area contributed by atoms with Gasteiger partial charge >= 0.3 is 0 Å². The van der Waals surface area contributed by atoms with Gasteiger partial charge in [-0.3, -0.25) is 4.79 Å². The van der Waals surface area contributed by atoms with Gasteiger partial charge in [-0.2, -0.15) is 0 Å². The molecule has 0 radical (unpaired) electrons. The number of carbonyl (C=O) groups is 1. The number of aliphatic hydroxyl groups is 1. The normalized spacial score (nSPS) is 21.0. The molecule has 0 fully saturated rings. The molecule has 0 bridgehead atoms. The number of allylic oxidation sites excluding steroid dienone is 7. The van der Waals surface area contributed by atoms with E-state index in [1.54, 1.807) is 18.2 Å². The Morgan fingerprint density at radius 3 is 2.54 bits per heavy atom. The average molecular weight is 478 g/mol. The highest BCUT2D eigenvalue weighted by Gasteiger charge is 2.37. The van der Waals surface area contributed by atoms with Gasteiger partial charge in [0.15, 0.2) is 5.76 Å². The number of amides is 1. The molecule has 1 aliphatic rings. The lowest BCUT2D eigenvalue weighted by Gasteiger charge is -2.39. The van der Waals surface area contributed by atoms with Crippen LogP contribution in [0.4, 0.5) is 5.69 Å². The van der Waals surface area contributed by atoms with Crippen LogP contribution < -0.4 is 5.32 Å². The van der Waals surface area contributed by atoms with Crippen molar-refractivity contribution in [3.8, 4) is 0 Å². The fourth-order valence-corrected chi connectivity index (χ4v) is 5.17. The molecule has 4 heteroatoms. The highest BCUT2D eigenvalue weighted by molar-refractivity contribution is 5.92. The van der Waals surface area contributed by atoms with Crippen molar-refractivity contribution in [2.75, 3.05) is 5.32 Å². The van der Waals surface area contributed by atoms with E-state index < -0.39 is 0 Å². The first-order chi connectivity index (χ1) is 16.7. The van der Waals surface area contributed by atoms with Crippen LogP contribution in [0.15, 0.2) is 78.0 Å². The summed E-state index contributed by atoms with van der Waals surface area (Å²) in [5, 5.41) is 13.8. The predicted molar refractivity (Wildman–Crippen MR) is 148 cm³/mol. The molecular weight excluding hydrogens is 434 g/mol. The lowest BCUT2D eigenvalue weighted by atomic mass is 9.71. The molecule has 1 aromatic carbocycles. The first kappa shape index (κ1) is 28.2. The maximum absolute atomic E-state index is 11.7. The highest BCUT2D eigenvalue weighted by atomic mass is 16.5. The van der Waals surface area contributed by atoms with E-state index in [2.05, 4.69) is 39.6 Å². The summed E-state index contributed by atoms with van der Waals surface area (Å²) >= 11 is 0. The molecule has 0 aromatic heterocycles. The van der Waals surface area contributed by atoms with E-state index in [1.807, 2.05) is 37.3 Å². The first-order valence-electron chi connectivity index (χ1n) is 12.9.